The first-order valence-electron chi connectivity index (χ1n) is 10.7. The molecule has 0 saturated heterocycles. The van der Waals surface area contributed by atoms with Crippen LogP contribution in [-0.4, -0.2) is 10.9 Å². The standard InChI is InChI=1S/C28H25N3O2/c32-28(26-12-6-7-13-27(26)30-20-23-16-18-29-19-17-23)31-33-21-25-11-5-4-10-24(25)15-14-22-8-2-1-3-9-22/h1-19,30H,20-21H2,(H,31,32)/b15-14+. The Bertz CT molecular complexity index is 1210. The van der Waals surface area contributed by atoms with E-state index in [2.05, 4.69) is 34.0 Å². The number of benzene rings is 3. The number of amides is 1. The summed E-state index contributed by atoms with van der Waals surface area (Å²) in [5.41, 5.74) is 8.05. The van der Waals surface area contributed by atoms with Crippen LogP contribution in [0.3, 0.4) is 0 Å². The molecule has 1 aromatic heterocycles. The third-order valence-corrected chi connectivity index (χ3v) is 5.11. The molecule has 33 heavy (non-hydrogen) atoms. The molecule has 2 N–H and O–H groups in total. The molecule has 164 valence electrons. The monoisotopic (exact) mass is 435 g/mol. The number of nitrogens with one attached hydrogen (secondary N) is 2. The Morgan fingerprint density at radius 3 is 2.39 bits per heavy atom. The highest BCUT2D eigenvalue weighted by Crippen LogP contribution is 2.17. The van der Waals surface area contributed by atoms with E-state index in [0.29, 0.717) is 12.1 Å². The molecule has 0 unspecified atom stereocenters. The second-order valence-electron chi connectivity index (χ2n) is 7.42. The minimum Gasteiger partial charge on any atom is -0.380 e. The average Bonchev–Trinajstić information content (AvgIpc) is 2.88. The van der Waals surface area contributed by atoms with Gasteiger partial charge in [0, 0.05) is 24.6 Å². The molecular formula is C28H25N3O2. The maximum Gasteiger partial charge on any atom is 0.276 e. The summed E-state index contributed by atoms with van der Waals surface area (Å²) in [5.74, 6) is -0.301. The first kappa shape index (κ1) is 22.0. The number of para-hydroxylation sites is 1. The van der Waals surface area contributed by atoms with Gasteiger partial charge in [-0.15, -0.1) is 0 Å². The fourth-order valence-corrected chi connectivity index (χ4v) is 3.35. The molecule has 0 aliphatic heterocycles. The number of hydrogen-bond donors (Lipinski definition) is 2. The van der Waals surface area contributed by atoms with E-state index >= 15 is 0 Å². The van der Waals surface area contributed by atoms with Gasteiger partial charge in [-0.05, 0) is 46.5 Å². The smallest absolute Gasteiger partial charge is 0.276 e. The van der Waals surface area contributed by atoms with Crippen molar-refractivity contribution in [1.29, 1.82) is 0 Å². The average molecular weight is 436 g/mol. The minimum absolute atomic E-state index is 0.258. The van der Waals surface area contributed by atoms with Crippen molar-refractivity contribution in [3.05, 3.63) is 131 Å². The summed E-state index contributed by atoms with van der Waals surface area (Å²) in [6.45, 7) is 0.850. The van der Waals surface area contributed by atoms with E-state index in [9.17, 15) is 4.79 Å². The predicted octanol–water partition coefficient (Wildman–Crippen LogP) is 5.73. The first-order chi connectivity index (χ1) is 16.3. The van der Waals surface area contributed by atoms with Crippen LogP contribution in [0.5, 0.6) is 0 Å². The minimum atomic E-state index is -0.301. The van der Waals surface area contributed by atoms with Gasteiger partial charge in [-0.1, -0.05) is 78.9 Å². The van der Waals surface area contributed by atoms with Crippen LogP contribution >= 0.6 is 0 Å². The van der Waals surface area contributed by atoms with Crippen LogP contribution in [-0.2, 0) is 18.0 Å². The SMILES string of the molecule is O=C(NOCc1ccccc1/C=C/c1ccccc1)c1ccccc1NCc1ccncc1. The van der Waals surface area contributed by atoms with Crippen LogP contribution in [0.4, 0.5) is 5.69 Å². The van der Waals surface area contributed by atoms with Crippen molar-refractivity contribution in [2.45, 2.75) is 13.2 Å². The number of anilines is 1. The van der Waals surface area contributed by atoms with Crippen LogP contribution in [0, 0.1) is 0 Å². The fraction of sp³-hybridized carbons (Fsp3) is 0.0714. The number of rotatable bonds is 9. The van der Waals surface area contributed by atoms with Gasteiger partial charge in [0.2, 0.25) is 0 Å². The van der Waals surface area contributed by atoms with E-state index in [1.165, 1.54) is 0 Å². The molecule has 5 nitrogen and oxygen atoms in total. The van der Waals surface area contributed by atoms with Crippen molar-refractivity contribution in [3.8, 4) is 0 Å². The number of carbonyl (C=O) groups is 1. The molecule has 0 spiro atoms. The van der Waals surface area contributed by atoms with Gasteiger partial charge in [-0.2, -0.15) is 0 Å². The summed E-state index contributed by atoms with van der Waals surface area (Å²) in [6, 6.07) is 29.3. The lowest BCUT2D eigenvalue weighted by Gasteiger charge is -2.13. The van der Waals surface area contributed by atoms with E-state index in [-0.39, 0.29) is 12.5 Å². The van der Waals surface area contributed by atoms with E-state index in [1.54, 1.807) is 18.5 Å². The van der Waals surface area contributed by atoms with Crippen LogP contribution in [0.2, 0.25) is 0 Å². The molecule has 0 fully saturated rings. The summed E-state index contributed by atoms with van der Waals surface area (Å²) in [4.78, 5) is 22.4. The second kappa shape index (κ2) is 11.4. The van der Waals surface area contributed by atoms with Crippen molar-refractivity contribution < 1.29 is 9.63 Å². The predicted molar refractivity (Wildman–Crippen MR) is 132 cm³/mol. The summed E-state index contributed by atoms with van der Waals surface area (Å²) in [5, 5.41) is 3.31. The fourth-order valence-electron chi connectivity index (χ4n) is 3.35. The Hall–Kier alpha value is -4.22. The number of aromatic nitrogens is 1. The highest BCUT2D eigenvalue weighted by Gasteiger charge is 2.11. The van der Waals surface area contributed by atoms with Gasteiger partial charge in [0.1, 0.15) is 6.61 Å². The van der Waals surface area contributed by atoms with E-state index in [0.717, 1.165) is 27.9 Å². The van der Waals surface area contributed by atoms with Crippen LogP contribution < -0.4 is 10.8 Å². The lowest BCUT2D eigenvalue weighted by Crippen LogP contribution is -2.24. The number of hydroxylamine groups is 1. The molecule has 0 saturated carbocycles. The third kappa shape index (κ3) is 6.38. The molecule has 5 heteroatoms. The van der Waals surface area contributed by atoms with Crippen LogP contribution in [0.25, 0.3) is 12.2 Å². The normalized spacial score (nSPS) is 10.8. The molecule has 0 aliphatic carbocycles. The molecule has 0 bridgehead atoms. The van der Waals surface area contributed by atoms with Gasteiger partial charge >= 0.3 is 0 Å². The molecule has 3 aromatic carbocycles. The molecule has 0 radical (unpaired) electrons. The Balaban J connectivity index is 1.36. The maximum atomic E-state index is 12.8. The zero-order valence-corrected chi connectivity index (χ0v) is 18.1. The molecule has 0 atom stereocenters. The topological polar surface area (TPSA) is 63.2 Å². The van der Waals surface area contributed by atoms with Crippen molar-refractivity contribution >= 4 is 23.7 Å². The molecule has 0 aliphatic rings. The number of pyridine rings is 1. The summed E-state index contributed by atoms with van der Waals surface area (Å²) in [6.07, 6.45) is 7.60. The van der Waals surface area contributed by atoms with Gasteiger partial charge < -0.3 is 5.32 Å². The van der Waals surface area contributed by atoms with E-state index < -0.39 is 0 Å². The maximum absolute atomic E-state index is 12.8. The summed E-state index contributed by atoms with van der Waals surface area (Å²) >= 11 is 0. The zero-order valence-electron chi connectivity index (χ0n) is 18.1. The van der Waals surface area contributed by atoms with Gasteiger partial charge in [-0.25, -0.2) is 5.48 Å². The quantitative estimate of drug-likeness (QED) is 0.260. The van der Waals surface area contributed by atoms with Gasteiger partial charge in [0.25, 0.3) is 5.91 Å². The Kier molecular flexibility index (Phi) is 7.61. The summed E-state index contributed by atoms with van der Waals surface area (Å²) in [7, 11) is 0. The van der Waals surface area contributed by atoms with Crippen LogP contribution in [0.15, 0.2) is 103 Å². The third-order valence-electron chi connectivity index (χ3n) is 5.11. The number of hydrogen-bond acceptors (Lipinski definition) is 4. The lowest BCUT2D eigenvalue weighted by molar-refractivity contribution is 0.0233. The molecule has 4 aromatic rings. The van der Waals surface area contributed by atoms with Crippen LogP contribution in [0.1, 0.15) is 32.6 Å². The molecule has 4 rings (SSSR count). The first-order valence-corrected chi connectivity index (χ1v) is 10.7. The lowest BCUT2D eigenvalue weighted by atomic mass is 10.1. The largest absolute Gasteiger partial charge is 0.380 e. The molecular weight excluding hydrogens is 410 g/mol. The van der Waals surface area contributed by atoms with Gasteiger partial charge in [0.15, 0.2) is 0 Å². The number of carbonyl (C=O) groups excluding carboxylic acids is 1. The highest BCUT2D eigenvalue weighted by atomic mass is 16.6. The van der Waals surface area contributed by atoms with E-state index in [4.69, 9.17) is 4.84 Å². The Morgan fingerprint density at radius 2 is 1.55 bits per heavy atom. The zero-order chi connectivity index (χ0) is 22.7. The van der Waals surface area contributed by atoms with Gasteiger partial charge in [-0.3, -0.25) is 14.6 Å². The van der Waals surface area contributed by atoms with E-state index in [1.807, 2.05) is 78.9 Å². The summed E-state index contributed by atoms with van der Waals surface area (Å²) < 4.78 is 0. The molecule has 1 amide bonds. The number of nitrogens with zero attached hydrogens (tertiary/aromatic N) is 1. The second-order valence-corrected chi connectivity index (χ2v) is 7.42. The van der Waals surface area contributed by atoms with Crippen molar-refractivity contribution in [1.82, 2.24) is 10.5 Å². The molecule has 1 heterocycles. The highest BCUT2D eigenvalue weighted by molar-refractivity contribution is 5.99. The van der Waals surface area contributed by atoms with Crippen molar-refractivity contribution in [2.75, 3.05) is 5.32 Å². The van der Waals surface area contributed by atoms with Gasteiger partial charge in [0.05, 0.1) is 5.56 Å². The Morgan fingerprint density at radius 1 is 0.818 bits per heavy atom. The Labute approximate surface area is 193 Å². The van der Waals surface area contributed by atoms with Crippen molar-refractivity contribution in [3.63, 3.8) is 0 Å². The van der Waals surface area contributed by atoms with Crippen molar-refractivity contribution in [2.24, 2.45) is 0 Å².